The molecule has 0 radical (unpaired) electrons. The molecule has 3 rings (SSSR count). The van der Waals surface area contributed by atoms with Crippen LogP contribution in [0.25, 0.3) is 0 Å². The van der Waals surface area contributed by atoms with Crippen molar-refractivity contribution in [3.8, 4) is 5.75 Å². The molecule has 1 heterocycles. The van der Waals surface area contributed by atoms with Crippen molar-refractivity contribution in [2.24, 2.45) is 0 Å². The van der Waals surface area contributed by atoms with Gasteiger partial charge in [-0.3, -0.25) is 14.5 Å². The van der Waals surface area contributed by atoms with E-state index < -0.39 is 23.4 Å². The van der Waals surface area contributed by atoms with Gasteiger partial charge in [0.2, 0.25) is 5.91 Å². The molecule has 0 saturated carbocycles. The number of hydrogen-bond acceptors (Lipinski definition) is 4. The molecule has 0 spiro atoms. The molecule has 146 valence electrons. The van der Waals surface area contributed by atoms with E-state index in [0.29, 0.717) is 23.6 Å². The molecular weight excluding hydrogens is 358 g/mol. The van der Waals surface area contributed by atoms with E-state index in [4.69, 9.17) is 4.74 Å². The number of urea groups is 1. The van der Waals surface area contributed by atoms with Crippen LogP contribution in [0.4, 0.5) is 10.5 Å². The number of rotatable bonds is 6. The molecule has 1 atom stereocenters. The minimum Gasteiger partial charge on any atom is -0.494 e. The van der Waals surface area contributed by atoms with E-state index >= 15 is 0 Å². The molecule has 2 N–H and O–H groups in total. The van der Waals surface area contributed by atoms with Gasteiger partial charge < -0.3 is 15.4 Å². The van der Waals surface area contributed by atoms with Gasteiger partial charge >= 0.3 is 6.03 Å². The summed E-state index contributed by atoms with van der Waals surface area (Å²) in [4.78, 5) is 38.5. The zero-order chi connectivity index (χ0) is 20.3. The Kier molecular flexibility index (Phi) is 5.35. The van der Waals surface area contributed by atoms with Gasteiger partial charge in [0.05, 0.1) is 6.61 Å². The van der Waals surface area contributed by atoms with Crippen LogP contribution in [0.2, 0.25) is 0 Å². The lowest BCUT2D eigenvalue weighted by atomic mass is 9.91. The molecule has 1 aliphatic heterocycles. The van der Waals surface area contributed by atoms with Crippen molar-refractivity contribution in [3.63, 3.8) is 0 Å². The Morgan fingerprint density at radius 3 is 2.36 bits per heavy atom. The second-order valence-electron chi connectivity index (χ2n) is 6.82. The second kappa shape index (κ2) is 7.72. The van der Waals surface area contributed by atoms with Crippen molar-refractivity contribution in [3.05, 3.63) is 59.7 Å². The highest BCUT2D eigenvalue weighted by Gasteiger charge is 2.49. The average molecular weight is 381 g/mol. The summed E-state index contributed by atoms with van der Waals surface area (Å²) < 4.78 is 5.36. The Hall–Kier alpha value is -3.35. The lowest BCUT2D eigenvalue weighted by molar-refractivity contribution is -0.133. The van der Waals surface area contributed by atoms with E-state index in [1.807, 2.05) is 26.0 Å². The van der Waals surface area contributed by atoms with Crippen LogP contribution >= 0.6 is 0 Å². The highest BCUT2D eigenvalue weighted by Crippen LogP contribution is 2.29. The van der Waals surface area contributed by atoms with Crippen LogP contribution in [-0.2, 0) is 15.1 Å². The van der Waals surface area contributed by atoms with Crippen LogP contribution in [-0.4, -0.2) is 35.9 Å². The van der Waals surface area contributed by atoms with Crippen LogP contribution in [0.15, 0.2) is 48.5 Å². The summed E-state index contributed by atoms with van der Waals surface area (Å²) in [5.74, 6) is -0.215. The molecule has 7 nitrogen and oxygen atoms in total. The van der Waals surface area contributed by atoms with Crippen LogP contribution in [0.3, 0.4) is 0 Å². The average Bonchev–Trinajstić information content (AvgIpc) is 2.88. The summed E-state index contributed by atoms with van der Waals surface area (Å²) >= 11 is 0. The molecule has 2 aromatic carbocycles. The summed E-state index contributed by atoms with van der Waals surface area (Å²) in [6.07, 6.45) is 0. The van der Waals surface area contributed by atoms with Gasteiger partial charge in [-0.25, -0.2) is 4.79 Å². The number of imide groups is 1. The molecule has 2 aromatic rings. The molecule has 1 aliphatic rings. The SMILES string of the molecule is CCOc1ccc(NC(=O)CN2C(=O)N[C@](C)(c3ccc(C)cc3)C2=O)cc1. The Morgan fingerprint density at radius 1 is 1.11 bits per heavy atom. The summed E-state index contributed by atoms with van der Waals surface area (Å²) in [5.41, 5.74) is 1.09. The highest BCUT2D eigenvalue weighted by atomic mass is 16.5. The minimum atomic E-state index is -1.19. The van der Waals surface area contributed by atoms with Gasteiger partial charge in [0.25, 0.3) is 5.91 Å². The predicted octanol–water partition coefficient (Wildman–Crippen LogP) is 2.80. The fourth-order valence-corrected chi connectivity index (χ4v) is 3.07. The number of anilines is 1. The summed E-state index contributed by atoms with van der Waals surface area (Å²) in [6, 6.07) is 13.6. The number of amides is 4. The molecule has 0 unspecified atom stereocenters. The number of nitrogens with zero attached hydrogens (tertiary/aromatic N) is 1. The Morgan fingerprint density at radius 2 is 1.75 bits per heavy atom. The largest absolute Gasteiger partial charge is 0.494 e. The van der Waals surface area contributed by atoms with Gasteiger partial charge in [-0.05, 0) is 50.6 Å². The van der Waals surface area contributed by atoms with Crippen LogP contribution in [0.1, 0.15) is 25.0 Å². The number of aryl methyl sites for hydroxylation is 1. The number of benzene rings is 2. The molecule has 0 aromatic heterocycles. The number of carbonyl (C=O) groups is 3. The van der Waals surface area contributed by atoms with Crippen LogP contribution in [0, 0.1) is 6.92 Å². The van der Waals surface area contributed by atoms with E-state index in [1.54, 1.807) is 43.3 Å². The Balaban J connectivity index is 1.68. The molecule has 28 heavy (non-hydrogen) atoms. The molecular formula is C21H23N3O4. The third-order valence-corrected chi connectivity index (χ3v) is 4.65. The first-order valence-corrected chi connectivity index (χ1v) is 9.07. The number of nitrogens with one attached hydrogen (secondary N) is 2. The standard InChI is InChI=1S/C21H23N3O4/c1-4-28-17-11-9-16(10-12-17)22-18(25)13-24-19(26)21(3,23-20(24)27)15-7-5-14(2)6-8-15/h5-12H,4,13H2,1-3H3,(H,22,25)(H,23,27)/t21-/m1/s1. The van der Waals surface area contributed by atoms with Gasteiger partial charge in [0, 0.05) is 5.69 Å². The topological polar surface area (TPSA) is 87.7 Å². The normalized spacial score (nSPS) is 18.8. The number of hydrogen-bond donors (Lipinski definition) is 2. The monoisotopic (exact) mass is 381 g/mol. The van der Waals surface area contributed by atoms with Crippen molar-refractivity contribution in [1.29, 1.82) is 0 Å². The first-order chi connectivity index (χ1) is 13.3. The van der Waals surface area contributed by atoms with Crippen molar-refractivity contribution in [1.82, 2.24) is 10.2 Å². The maximum Gasteiger partial charge on any atom is 0.325 e. The molecule has 0 bridgehead atoms. The quantitative estimate of drug-likeness (QED) is 0.753. The van der Waals surface area contributed by atoms with E-state index in [1.165, 1.54) is 0 Å². The molecule has 1 fully saturated rings. The number of carbonyl (C=O) groups excluding carboxylic acids is 3. The highest BCUT2D eigenvalue weighted by molar-refractivity contribution is 6.10. The maximum atomic E-state index is 12.9. The maximum absolute atomic E-state index is 12.9. The van der Waals surface area contributed by atoms with Gasteiger partial charge in [-0.2, -0.15) is 0 Å². The summed E-state index contributed by atoms with van der Waals surface area (Å²) in [5, 5.41) is 5.38. The van der Waals surface area contributed by atoms with Gasteiger partial charge in [-0.1, -0.05) is 29.8 Å². The van der Waals surface area contributed by atoms with Crippen molar-refractivity contribution in [2.75, 3.05) is 18.5 Å². The third kappa shape index (κ3) is 3.83. The lowest BCUT2D eigenvalue weighted by Gasteiger charge is -2.22. The van der Waals surface area contributed by atoms with Crippen LogP contribution in [0.5, 0.6) is 5.75 Å². The molecule has 0 aliphatic carbocycles. The van der Waals surface area contributed by atoms with E-state index in [-0.39, 0.29) is 6.54 Å². The third-order valence-electron chi connectivity index (χ3n) is 4.65. The van der Waals surface area contributed by atoms with Crippen molar-refractivity contribution < 1.29 is 19.1 Å². The predicted molar refractivity (Wildman–Crippen MR) is 105 cm³/mol. The lowest BCUT2D eigenvalue weighted by Crippen LogP contribution is -2.42. The fraction of sp³-hybridized carbons (Fsp3) is 0.286. The smallest absolute Gasteiger partial charge is 0.325 e. The van der Waals surface area contributed by atoms with Gasteiger partial charge in [0.15, 0.2) is 0 Å². The van der Waals surface area contributed by atoms with Gasteiger partial charge in [0.1, 0.15) is 17.8 Å². The van der Waals surface area contributed by atoms with E-state index in [0.717, 1.165) is 10.5 Å². The molecule has 1 saturated heterocycles. The van der Waals surface area contributed by atoms with Gasteiger partial charge in [-0.15, -0.1) is 0 Å². The number of ether oxygens (including phenoxy) is 1. The molecule has 4 amide bonds. The zero-order valence-electron chi connectivity index (χ0n) is 16.1. The first-order valence-electron chi connectivity index (χ1n) is 9.07. The van der Waals surface area contributed by atoms with Crippen LogP contribution < -0.4 is 15.4 Å². The molecule has 7 heteroatoms. The van der Waals surface area contributed by atoms with Crippen molar-refractivity contribution in [2.45, 2.75) is 26.3 Å². The second-order valence-corrected chi connectivity index (χ2v) is 6.82. The summed E-state index contributed by atoms with van der Waals surface area (Å²) in [6.45, 7) is 5.66. The summed E-state index contributed by atoms with van der Waals surface area (Å²) in [7, 11) is 0. The fourth-order valence-electron chi connectivity index (χ4n) is 3.07. The minimum absolute atomic E-state index is 0.362. The zero-order valence-corrected chi connectivity index (χ0v) is 16.1. The van der Waals surface area contributed by atoms with Crippen molar-refractivity contribution >= 4 is 23.5 Å². The van der Waals surface area contributed by atoms with E-state index in [2.05, 4.69) is 10.6 Å². The Bertz CT molecular complexity index is 893. The first kappa shape index (κ1) is 19.4. The Labute approximate surface area is 163 Å². The van der Waals surface area contributed by atoms with E-state index in [9.17, 15) is 14.4 Å².